The van der Waals surface area contributed by atoms with Gasteiger partial charge in [0.05, 0.1) is 5.69 Å². The van der Waals surface area contributed by atoms with Gasteiger partial charge in [0, 0.05) is 6.29 Å². The van der Waals surface area contributed by atoms with Crippen LogP contribution in [0.1, 0.15) is 39.8 Å². The molecule has 2 aromatic rings. The average Bonchev–Trinajstić information content (AvgIpc) is 3.07. The molecule has 0 amide bonds. The van der Waals surface area contributed by atoms with Crippen molar-refractivity contribution >= 4 is 35.3 Å². The molecule has 0 aliphatic rings. The van der Waals surface area contributed by atoms with Crippen LogP contribution in [0.5, 0.6) is 0 Å². The fourth-order valence-electron chi connectivity index (χ4n) is 1.12. The number of carbonyl (C=O) groups is 1. The van der Waals surface area contributed by atoms with Crippen molar-refractivity contribution < 1.29 is 44.3 Å². The normalized spacial score (nSPS) is 9.10. The first kappa shape index (κ1) is 19.3. The molecule has 0 spiro atoms. The van der Waals surface area contributed by atoms with Crippen LogP contribution in [0.3, 0.4) is 0 Å². The van der Waals surface area contributed by atoms with Gasteiger partial charge in [-0.2, -0.15) is 0 Å². The van der Waals surface area contributed by atoms with E-state index in [-0.39, 0.29) is 34.4 Å². The Bertz CT molecular complexity index is 558. The van der Waals surface area contributed by atoms with Gasteiger partial charge in [-0.1, -0.05) is 46.9 Å². The molecule has 2 heterocycles. The maximum Gasteiger partial charge on any atom is 1.00 e. The van der Waals surface area contributed by atoms with Crippen molar-refractivity contribution in [2.75, 3.05) is 0 Å². The van der Waals surface area contributed by atoms with Crippen molar-refractivity contribution in [3.8, 4) is 0 Å². The summed E-state index contributed by atoms with van der Waals surface area (Å²) in [5.41, 5.74) is 1.31. The van der Waals surface area contributed by atoms with E-state index in [0.717, 1.165) is 35.2 Å². The maximum absolute atomic E-state index is 10.4. The van der Waals surface area contributed by atoms with E-state index in [1.807, 2.05) is 13.8 Å². The zero-order valence-electron chi connectivity index (χ0n) is 11.3. The van der Waals surface area contributed by atoms with Crippen LogP contribution < -0.4 is 29.6 Å². The molecule has 20 heavy (non-hydrogen) atoms. The van der Waals surface area contributed by atoms with Gasteiger partial charge < -0.3 is 9.90 Å². The van der Waals surface area contributed by atoms with E-state index in [1.165, 1.54) is 0 Å². The Hall–Kier alpha value is -0.740. The van der Waals surface area contributed by atoms with Crippen LogP contribution in [0.15, 0.2) is 0 Å². The number of carboxylic acids is 1. The van der Waals surface area contributed by atoms with Crippen molar-refractivity contribution in [3.63, 3.8) is 0 Å². The summed E-state index contributed by atoms with van der Waals surface area (Å²) in [6.07, 6.45) is 3.14. The van der Waals surface area contributed by atoms with Gasteiger partial charge >= 0.3 is 35.5 Å². The molecule has 2 rings (SSSR count). The minimum Gasteiger partial charge on any atom is -0.477 e. The van der Waals surface area contributed by atoms with Crippen LogP contribution in [0.4, 0.5) is 0 Å². The van der Waals surface area contributed by atoms with E-state index in [4.69, 9.17) is 5.11 Å². The fourth-order valence-corrected chi connectivity index (χ4v) is 2.26. The number of hydrogen-bond donors (Lipinski definition) is 1. The third-order valence-corrected chi connectivity index (χ3v) is 3.49. The van der Waals surface area contributed by atoms with E-state index in [2.05, 4.69) is 19.2 Å². The number of aromatic nitrogens is 4. The predicted octanol–water partition coefficient (Wildman–Crippen LogP) is -1.64. The van der Waals surface area contributed by atoms with Crippen molar-refractivity contribution in [2.24, 2.45) is 0 Å². The van der Waals surface area contributed by atoms with Gasteiger partial charge in [-0.3, -0.25) is 0 Å². The standard InChI is InChI=1S/C5H6N2O2S.C5H5N2OS.Na/c1-2-3-4(5(8)9)10-7-6-3;1-2-4-5(3-8)9-7-6-4;/h2H2,1H3,(H,8,9);2H2,1H3;/q;-1;+1. The fraction of sp³-hybridized carbons (Fsp3) is 0.400. The molecule has 0 saturated carbocycles. The van der Waals surface area contributed by atoms with Gasteiger partial charge in [-0.25, -0.2) is 9.89 Å². The second-order valence-electron chi connectivity index (χ2n) is 3.21. The number of hydrogen-bond acceptors (Lipinski definition) is 8. The molecule has 1 N–H and O–H groups in total. The van der Waals surface area contributed by atoms with Gasteiger partial charge in [-0.15, -0.1) is 9.59 Å². The van der Waals surface area contributed by atoms with Crippen LogP contribution >= 0.6 is 23.1 Å². The summed E-state index contributed by atoms with van der Waals surface area (Å²) in [5, 5.41) is 15.9. The summed E-state index contributed by atoms with van der Waals surface area (Å²) in [6.45, 7) is 3.78. The van der Waals surface area contributed by atoms with Crippen molar-refractivity contribution in [1.82, 2.24) is 19.2 Å². The van der Waals surface area contributed by atoms with Crippen LogP contribution in [0, 0.1) is 0 Å². The summed E-state index contributed by atoms with van der Waals surface area (Å²) >= 11 is 2.01. The molecule has 10 heteroatoms. The molecule has 0 fully saturated rings. The van der Waals surface area contributed by atoms with Crippen LogP contribution in [0.2, 0.25) is 0 Å². The summed E-state index contributed by atoms with van der Waals surface area (Å²) < 4.78 is 7.12. The summed E-state index contributed by atoms with van der Waals surface area (Å²) in [5.74, 6) is -0.938. The molecule has 0 atom stereocenters. The Labute approximate surface area is 146 Å². The zero-order valence-corrected chi connectivity index (χ0v) is 14.9. The molecule has 0 aromatic carbocycles. The second kappa shape index (κ2) is 10.1. The van der Waals surface area contributed by atoms with Crippen molar-refractivity contribution in [3.05, 3.63) is 21.1 Å². The Morgan fingerprint density at radius 1 is 1.15 bits per heavy atom. The molecule has 0 radical (unpaired) electrons. The SMILES string of the molecule is CCc1nnsc1C(=O)O.CCc1nnsc1[C-]=O.[Na+]. The smallest absolute Gasteiger partial charge is 0.477 e. The van der Waals surface area contributed by atoms with Crippen molar-refractivity contribution in [1.29, 1.82) is 0 Å². The minimum absolute atomic E-state index is 0. The van der Waals surface area contributed by atoms with Gasteiger partial charge in [0.1, 0.15) is 0 Å². The van der Waals surface area contributed by atoms with Crippen LogP contribution in [0.25, 0.3) is 0 Å². The Morgan fingerprint density at radius 3 is 2.10 bits per heavy atom. The first-order valence-electron chi connectivity index (χ1n) is 5.37. The predicted molar refractivity (Wildman–Crippen MR) is 70.3 cm³/mol. The largest absolute Gasteiger partial charge is 1.00 e. The first-order chi connectivity index (χ1) is 9.13. The average molecular weight is 322 g/mol. The Morgan fingerprint density at radius 2 is 1.70 bits per heavy atom. The number of rotatable bonds is 4. The van der Waals surface area contributed by atoms with E-state index in [0.29, 0.717) is 17.0 Å². The number of carboxylic acid groups (broad SMARTS) is 1. The molecule has 102 valence electrons. The number of aromatic carboxylic acids is 1. The van der Waals surface area contributed by atoms with Gasteiger partial charge in [0.25, 0.3) is 0 Å². The molecule has 0 saturated heterocycles. The molecule has 0 aliphatic carbocycles. The van der Waals surface area contributed by atoms with Gasteiger partial charge in [0.15, 0.2) is 4.88 Å². The van der Waals surface area contributed by atoms with Crippen molar-refractivity contribution in [2.45, 2.75) is 26.7 Å². The van der Waals surface area contributed by atoms with Crippen LogP contribution in [-0.4, -0.2) is 36.5 Å². The van der Waals surface area contributed by atoms with Crippen LogP contribution in [-0.2, 0) is 17.6 Å². The summed E-state index contributed by atoms with van der Waals surface area (Å²) in [7, 11) is 0. The van der Waals surface area contributed by atoms with E-state index >= 15 is 0 Å². The van der Waals surface area contributed by atoms with E-state index in [9.17, 15) is 9.59 Å². The van der Waals surface area contributed by atoms with Gasteiger partial charge in [-0.05, 0) is 18.0 Å². The zero-order chi connectivity index (χ0) is 14.3. The third kappa shape index (κ3) is 5.33. The monoisotopic (exact) mass is 322 g/mol. The van der Waals surface area contributed by atoms with E-state index < -0.39 is 5.97 Å². The quantitative estimate of drug-likeness (QED) is 0.531. The molecule has 0 aliphatic heterocycles. The molecule has 0 bridgehead atoms. The topological polar surface area (TPSA) is 106 Å². The van der Waals surface area contributed by atoms with Gasteiger partial charge in [0.2, 0.25) is 0 Å². The maximum atomic E-state index is 10.4. The second-order valence-corrected chi connectivity index (χ2v) is 4.72. The number of carbonyl (C=O) groups excluding carboxylic acids is 1. The summed E-state index contributed by atoms with van der Waals surface area (Å²) in [4.78, 5) is 21.2. The minimum atomic E-state index is -0.938. The molecular weight excluding hydrogens is 311 g/mol. The summed E-state index contributed by atoms with van der Waals surface area (Å²) in [6, 6.07) is 0. The molecule has 7 nitrogen and oxygen atoms in total. The third-order valence-electron chi connectivity index (χ3n) is 2.07. The van der Waals surface area contributed by atoms with E-state index in [1.54, 1.807) is 6.29 Å². The number of nitrogens with zero attached hydrogens (tertiary/aromatic N) is 4. The molecular formula is C10H11N4NaO3S2. The molecule has 0 unspecified atom stereocenters. The Balaban J connectivity index is 0.000000345. The Kier molecular flexibility index (Phi) is 9.68. The number of aryl methyl sites for hydroxylation is 2. The molecule has 2 aromatic heterocycles. The first-order valence-corrected chi connectivity index (χ1v) is 6.92.